The Morgan fingerprint density at radius 1 is 1.33 bits per heavy atom. The highest BCUT2D eigenvalue weighted by Crippen LogP contribution is 2.22. The molecule has 96 valence electrons. The van der Waals surface area contributed by atoms with Gasteiger partial charge in [-0.25, -0.2) is 0 Å². The number of aliphatic hydroxyl groups excluding tert-OH is 1. The average Bonchev–Trinajstić information content (AvgIpc) is 2.76. The molecule has 0 radical (unpaired) electrons. The van der Waals surface area contributed by atoms with Crippen LogP contribution in [0, 0.1) is 0 Å². The fourth-order valence-corrected chi connectivity index (χ4v) is 2.53. The fourth-order valence-electron chi connectivity index (χ4n) is 1.87. The molecule has 0 amide bonds. The van der Waals surface area contributed by atoms with Crippen LogP contribution in [0.4, 0.5) is 0 Å². The first-order valence-corrected chi connectivity index (χ1v) is 7.06. The number of aromatic nitrogens is 2. The van der Waals surface area contributed by atoms with E-state index in [1.807, 2.05) is 37.1 Å². The van der Waals surface area contributed by atoms with Crippen molar-refractivity contribution >= 4 is 11.8 Å². The zero-order valence-electron chi connectivity index (χ0n) is 10.7. The van der Waals surface area contributed by atoms with Crippen molar-refractivity contribution < 1.29 is 5.11 Å². The normalized spacial score (nSPS) is 12.6. The van der Waals surface area contributed by atoms with Crippen LogP contribution in [-0.2, 0) is 13.5 Å². The number of thioether (sulfide) groups is 1. The third-order valence-electron chi connectivity index (χ3n) is 2.76. The van der Waals surface area contributed by atoms with Gasteiger partial charge in [0.25, 0.3) is 0 Å². The number of hydrogen-bond acceptors (Lipinski definition) is 3. The van der Waals surface area contributed by atoms with E-state index in [9.17, 15) is 5.11 Å². The summed E-state index contributed by atoms with van der Waals surface area (Å²) in [5.41, 5.74) is 2.01. The molecule has 0 bridgehead atoms. The van der Waals surface area contributed by atoms with E-state index in [2.05, 4.69) is 24.2 Å². The van der Waals surface area contributed by atoms with E-state index in [-0.39, 0.29) is 0 Å². The Bertz CT molecular complexity index is 493. The molecule has 1 atom stereocenters. The molecule has 18 heavy (non-hydrogen) atoms. The average molecular weight is 262 g/mol. The van der Waals surface area contributed by atoms with Crippen molar-refractivity contribution in [3.63, 3.8) is 0 Å². The van der Waals surface area contributed by atoms with Crippen molar-refractivity contribution in [3.05, 3.63) is 47.8 Å². The second-order valence-electron chi connectivity index (χ2n) is 4.24. The molecular weight excluding hydrogens is 244 g/mol. The molecule has 1 unspecified atom stereocenters. The minimum absolute atomic E-state index is 0.463. The standard InChI is InChI=1S/C14H18N2OS/c1-3-18-13-6-4-12(5-7-13)14(17)8-11-9-15-16(2)10-11/h4-7,9-10,14,17H,3,8H2,1-2H3. The third-order valence-corrected chi connectivity index (χ3v) is 3.66. The van der Waals surface area contributed by atoms with Crippen LogP contribution >= 0.6 is 11.8 Å². The monoisotopic (exact) mass is 262 g/mol. The van der Waals surface area contributed by atoms with Gasteiger partial charge in [0.2, 0.25) is 0 Å². The Kier molecular flexibility index (Phi) is 4.44. The predicted octanol–water partition coefficient (Wildman–Crippen LogP) is 2.81. The van der Waals surface area contributed by atoms with Crippen molar-refractivity contribution in [1.82, 2.24) is 9.78 Å². The van der Waals surface area contributed by atoms with E-state index < -0.39 is 6.10 Å². The molecule has 0 aliphatic carbocycles. The van der Waals surface area contributed by atoms with Gasteiger partial charge >= 0.3 is 0 Å². The minimum Gasteiger partial charge on any atom is -0.388 e. The largest absolute Gasteiger partial charge is 0.388 e. The number of hydrogen-bond donors (Lipinski definition) is 1. The van der Waals surface area contributed by atoms with E-state index in [1.54, 1.807) is 10.9 Å². The van der Waals surface area contributed by atoms with Gasteiger partial charge in [-0.1, -0.05) is 19.1 Å². The number of aliphatic hydroxyl groups is 1. The topological polar surface area (TPSA) is 38.1 Å². The van der Waals surface area contributed by atoms with Gasteiger partial charge in [-0.05, 0) is 29.0 Å². The van der Waals surface area contributed by atoms with Crippen LogP contribution in [0.5, 0.6) is 0 Å². The van der Waals surface area contributed by atoms with Crippen LogP contribution in [0.2, 0.25) is 0 Å². The zero-order chi connectivity index (χ0) is 13.0. The molecule has 2 rings (SSSR count). The number of benzene rings is 1. The molecule has 0 aliphatic heterocycles. The summed E-state index contributed by atoms with van der Waals surface area (Å²) in [6.07, 6.45) is 3.87. The molecule has 1 aromatic heterocycles. The summed E-state index contributed by atoms with van der Waals surface area (Å²) in [6.45, 7) is 2.13. The second kappa shape index (κ2) is 6.07. The lowest BCUT2D eigenvalue weighted by Gasteiger charge is -2.10. The van der Waals surface area contributed by atoms with Crippen molar-refractivity contribution in [2.75, 3.05) is 5.75 Å². The predicted molar refractivity (Wildman–Crippen MR) is 74.7 cm³/mol. The number of nitrogens with zero attached hydrogens (tertiary/aromatic N) is 2. The summed E-state index contributed by atoms with van der Waals surface area (Å²) in [7, 11) is 1.88. The lowest BCUT2D eigenvalue weighted by atomic mass is 10.0. The van der Waals surface area contributed by atoms with E-state index >= 15 is 0 Å². The van der Waals surface area contributed by atoms with Crippen LogP contribution in [0.1, 0.15) is 24.2 Å². The van der Waals surface area contributed by atoms with Crippen molar-refractivity contribution in [2.45, 2.75) is 24.3 Å². The highest BCUT2D eigenvalue weighted by molar-refractivity contribution is 7.99. The van der Waals surface area contributed by atoms with Gasteiger partial charge < -0.3 is 5.11 Å². The van der Waals surface area contributed by atoms with Crippen molar-refractivity contribution in [2.24, 2.45) is 7.05 Å². The van der Waals surface area contributed by atoms with Gasteiger partial charge in [-0.15, -0.1) is 11.8 Å². The minimum atomic E-state index is -0.463. The molecule has 1 N–H and O–H groups in total. The summed E-state index contributed by atoms with van der Waals surface area (Å²) in [5.74, 6) is 1.07. The third kappa shape index (κ3) is 3.37. The van der Waals surface area contributed by atoms with E-state index in [4.69, 9.17) is 0 Å². The Morgan fingerprint density at radius 3 is 2.61 bits per heavy atom. The van der Waals surface area contributed by atoms with Crippen LogP contribution < -0.4 is 0 Å². The lowest BCUT2D eigenvalue weighted by molar-refractivity contribution is 0.178. The molecule has 3 nitrogen and oxygen atoms in total. The first kappa shape index (κ1) is 13.2. The van der Waals surface area contributed by atoms with Crippen molar-refractivity contribution in [3.8, 4) is 0 Å². The van der Waals surface area contributed by atoms with Gasteiger partial charge in [0, 0.05) is 24.6 Å². The molecule has 0 saturated heterocycles. The van der Waals surface area contributed by atoms with Crippen molar-refractivity contribution in [1.29, 1.82) is 0 Å². The molecule has 0 spiro atoms. The molecule has 4 heteroatoms. The SMILES string of the molecule is CCSc1ccc(C(O)Cc2cnn(C)c2)cc1. The molecule has 0 aliphatic rings. The molecule has 0 saturated carbocycles. The maximum absolute atomic E-state index is 10.2. The van der Waals surface area contributed by atoms with Crippen LogP contribution in [0.3, 0.4) is 0 Å². The Morgan fingerprint density at radius 2 is 2.06 bits per heavy atom. The van der Waals surface area contributed by atoms with Gasteiger partial charge in [-0.2, -0.15) is 5.10 Å². The molecule has 0 fully saturated rings. The zero-order valence-corrected chi connectivity index (χ0v) is 11.5. The van der Waals surface area contributed by atoms with Gasteiger partial charge in [0.05, 0.1) is 12.3 Å². The maximum atomic E-state index is 10.2. The summed E-state index contributed by atoms with van der Waals surface area (Å²) < 4.78 is 1.75. The lowest BCUT2D eigenvalue weighted by Crippen LogP contribution is -2.01. The second-order valence-corrected chi connectivity index (χ2v) is 5.58. The smallest absolute Gasteiger partial charge is 0.0831 e. The number of aryl methyl sites for hydroxylation is 1. The first-order valence-electron chi connectivity index (χ1n) is 6.07. The van der Waals surface area contributed by atoms with Gasteiger partial charge in [0.15, 0.2) is 0 Å². The molecule has 1 heterocycles. The Balaban J connectivity index is 2.02. The van der Waals surface area contributed by atoms with Crippen LogP contribution in [-0.4, -0.2) is 20.6 Å². The maximum Gasteiger partial charge on any atom is 0.0831 e. The van der Waals surface area contributed by atoms with Gasteiger partial charge in [-0.3, -0.25) is 4.68 Å². The van der Waals surface area contributed by atoms with E-state index in [0.717, 1.165) is 16.9 Å². The quantitative estimate of drug-likeness (QED) is 0.842. The number of rotatable bonds is 5. The summed E-state index contributed by atoms with van der Waals surface area (Å²) in [5, 5.41) is 14.3. The van der Waals surface area contributed by atoms with Crippen LogP contribution in [0.25, 0.3) is 0 Å². The highest BCUT2D eigenvalue weighted by Gasteiger charge is 2.09. The Labute approximate surface area is 112 Å². The highest BCUT2D eigenvalue weighted by atomic mass is 32.2. The summed E-state index contributed by atoms with van der Waals surface area (Å²) >= 11 is 1.81. The van der Waals surface area contributed by atoms with Gasteiger partial charge in [0.1, 0.15) is 0 Å². The fraction of sp³-hybridized carbons (Fsp3) is 0.357. The summed E-state index contributed by atoms with van der Waals surface area (Å²) in [6, 6.07) is 8.13. The molecule has 1 aromatic carbocycles. The van der Waals surface area contributed by atoms with E-state index in [1.165, 1.54) is 4.90 Å². The molecular formula is C14H18N2OS. The summed E-state index contributed by atoms with van der Waals surface area (Å²) in [4.78, 5) is 1.25. The Hall–Kier alpha value is -1.26. The first-order chi connectivity index (χ1) is 8.69. The van der Waals surface area contributed by atoms with E-state index in [0.29, 0.717) is 6.42 Å². The molecule has 2 aromatic rings. The van der Waals surface area contributed by atoms with Crippen LogP contribution in [0.15, 0.2) is 41.6 Å².